The van der Waals surface area contributed by atoms with E-state index in [1.54, 1.807) is 0 Å². The molecule has 1 atom stereocenters. The average Bonchev–Trinajstić information content (AvgIpc) is 2.81. The topological polar surface area (TPSA) is 67.1 Å². The van der Waals surface area contributed by atoms with Crippen LogP contribution in [0, 0.1) is 0 Å². The number of carbonyl (C=O) groups is 1. The number of carbonyl (C=O) groups excluding carboxylic acids is 1. The third-order valence-electron chi connectivity index (χ3n) is 2.67. The van der Waals surface area contributed by atoms with Crippen LogP contribution in [0.25, 0.3) is 0 Å². The van der Waals surface area contributed by atoms with Crippen LogP contribution in [0.4, 0.5) is 5.69 Å². The van der Waals surface area contributed by atoms with Crippen LogP contribution in [0.2, 0.25) is 0 Å². The Labute approximate surface area is 97.3 Å². The largest absolute Gasteiger partial charge is 0.357 e. The molecule has 5 heteroatoms. The van der Waals surface area contributed by atoms with Crippen LogP contribution < -0.4 is 16.4 Å². The minimum atomic E-state index is -0.319. The molecule has 0 aromatic heterocycles. The van der Waals surface area contributed by atoms with Crippen LogP contribution in [0.5, 0.6) is 0 Å². The van der Waals surface area contributed by atoms with Crippen LogP contribution in [-0.2, 0) is 11.2 Å². The Morgan fingerprint density at radius 1 is 1.38 bits per heavy atom. The Balaban J connectivity index is 1.96. The van der Waals surface area contributed by atoms with Crippen molar-refractivity contribution in [2.75, 3.05) is 5.32 Å². The molecule has 82 valence electrons. The Morgan fingerprint density at radius 2 is 2.19 bits per heavy atom. The van der Waals surface area contributed by atoms with Gasteiger partial charge in [0.1, 0.15) is 5.50 Å². The molecule has 0 radical (unpaired) electrons. The van der Waals surface area contributed by atoms with Crippen molar-refractivity contribution in [1.82, 2.24) is 5.32 Å². The van der Waals surface area contributed by atoms with Gasteiger partial charge >= 0.3 is 0 Å². The second-order valence-electron chi connectivity index (χ2n) is 3.78. The lowest BCUT2D eigenvalue weighted by molar-refractivity contribution is -0.116. The van der Waals surface area contributed by atoms with Gasteiger partial charge < -0.3 is 16.4 Å². The zero-order valence-corrected chi connectivity index (χ0v) is 9.30. The van der Waals surface area contributed by atoms with Gasteiger partial charge in [0, 0.05) is 17.8 Å². The Bertz CT molecular complexity index is 471. The van der Waals surface area contributed by atoms with Crippen LogP contribution in [0.3, 0.4) is 0 Å². The maximum Gasteiger partial charge on any atom is 0.261 e. The van der Waals surface area contributed by atoms with Gasteiger partial charge in [-0.1, -0.05) is 30.0 Å². The van der Waals surface area contributed by atoms with Crippen LogP contribution >= 0.6 is 11.8 Å². The summed E-state index contributed by atoms with van der Waals surface area (Å²) in [5, 5.41) is 5.94. The lowest BCUT2D eigenvalue weighted by Gasteiger charge is -2.01. The van der Waals surface area contributed by atoms with E-state index in [-0.39, 0.29) is 11.4 Å². The fraction of sp³-hybridized carbons (Fsp3) is 0.182. The van der Waals surface area contributed by atoms with E-state index in [1.165, 1.54) is 17.3 Å². The van der Waals surface area contributed by atoms with Gasteiger partial charge in [-0.3, -0.25) is 4.79 Å². The summed E-state index contributed by atoms with van der Waals surface area (Å²) in [7, 11) is 0. The van der Waals surface area contributed by atoms with E-state index in [4.69, 9.17) is 5.73 Å². The van der Waals surface area contributed by atoms with Crippen LogP contribution in [0.15, 0.2) is 34.9 Å². The first-order chi connectivity index (χ1) is 7.74. The maximum atomic E-state index is 11.6. The van der Waals surface area contributed by atoms with Gasteiger partial charge in [0.15, 0.2) is 0 Å². The molecule has 2 aliphatic heterocycles. The normalized spacial score (nSPS) is 27.6. The van der Waals surface area contributed by atoms with E-state index in [2.05, 4.69) is 16.7 Å². The summed E-state index contributed by atoms with van der Waals surface area (Å²) in [5.74, 6) is -0.0761. The Hall–Kier alpha value is -1.46. The summed E-state index contributed by atoms with van der Waals surface area (Å²) in [5.41, 5.74) is 8.60. The molecule has 1 amide bonds. The van der Waals surface area contributed by atoms with Gasteiger partial charge in [0.25, 0.3) is 5.91 Å². The fourth-order valence-electron chi connectivity index (χ4n) is 1.94. The van der Waals surface area contributed by atoms with E-state index in [0.717, 1.165) is 17.8 Å². The smallest absolute Gasteiger partial charge is 0.261 e. The predicted molar refractivity (Wildman–Crippen MR) is 64.5 cm³/mol. The monoisotopic (exact) mass is 233 g/mol. The molecule has 16 heavy (non-hydrogen) atoms. The minimum Gasteiger partial charge on any atom is -0.357 e. The molecule has 1 aromatic rings. The summed E-state index contributed by atoms with van der Waals surface area (Å²) in [6, 6.07) is 8.06. The zero-order chi connectivity index (χ0) is 11.1. The second-order valence-corrected chi connectivity index (χ2v) is 4.93. The van der Waals surface area contributed by atoms with Gasteiger partial charge in [-0.25, -0.2) is 0 Å². The molecule has 1 fully saturated rings. The van der Waals surface area contributed by atoms with Crippen molar-refractivity contribution in [3.63, 3.8) is 0 Å². The lowest BCUT2D eigenvalue weighted by Crippen LogP contribution is -2.31. The molecule has 1 saturated heterocycles. The first kappa shape index (κ1) is 9.74. The van der Waals surface area contributed by atoms with Crippen molar-refractivity contribution in [3.05, 3.63) is 40.4 Å². The lowest BCUT2D eigenvalue weighted by atomic mass is 10.1. The molecule has 0 bridgehead atoms. The Morgan fingerprint density at radius 3 is 2.88 bits per heavy atom. The number of hydrogen-bond acceptors (Lipinski definition) is 4. The van der Waals surface area contributed by atoms with Gasteiger partial charge in [-0.2, -0.15) is 0 Å². The molecular weight excluding hydrogens is 222 g/mol. The molecule has 1 aromatic carbocycles. The molecule has 4 N–H and O–H groups in total. The molecular formula is C11H11N3OS. The zero-order valence-electron chi connectivity index (χ0n) is 8.49. The van der Waals surface area contributed by atoms with Gasteiger partial charge in [-0.15, -0.1) is 0 Å². The van der Waals surface area contributed by atoms with Crippen molar-refractivity contribution in [3.8, 4) is 0 Å². The number of nitrogens with one attached hydrogen (secondary N) is 2. The SMILES string of the molecule is NC1NC(=O)C(=C2Cc3ccccc3N2)S1. The third kappa shape index (κ3) is 1.48. The molecule has 0 aliphatic carbocycles. The van der Waals surface area contributed by atoms with E-state index in [1.807, 2.05) is 18.2 Å². The molecule has 0 saturated carbocycles. The Kier molecular flexibility index (Phi) is 2.15. The van der Waals surface area contributed by atoms with Gasteiger partial charge in [-0.05, 0) is 11.6 Å². The number of anilines is 1. The highest BCUT2D eigenvalue weighted by molar-refractivity contribution is 8.05. The van der Waals surface area contributed by atoms with Crippen molar-refractivity contribution < 1.29 is 4.79 Å². The number of allylic oxidation sites excluding steroid dienone is 1. The quantitative estimate of drug-likeness (QED) is 0.584. The number of hydrogen-bond donors (Lipinski definition) is 3. The van der Waals surface area contributed by atoms with Gasteiger partial charge in [0.2, 0.25) is 0 Å². The van der Waals surface area contributed by atoms with E-state index >= 15 is 0 Å². The number of fused-ring (bicyclic) bond motifs is 1. The van der Waals surface area contributed by atoms with Crippen molar-refractivity contribution >= 4 is 23.4 Å². The summed E-state index contributed by atoms with van der Waals surface area (Å²) >= 11 is 1.38. The van der Waals surface area contributed by atoms with Crippen LogP contribution in [-0.4, -0.2) is 11.4 Å². The van der Waals surface area contributed by atoms with Crippen molar-refractivity contribution in [2.45, 2.75) is 11.9 Å². The molecule has 2 aliphatic rings. The summed E-state index contributed by atoms with van der Waals surface area (Å²) in [4.78, 5) is 12.3. The minimum absolute atomic E-state index is 0.0761. The average molecular weight is 233 g/mol. The standard InChI is InChI=1S/C11H11N3OS/c12-11-14-10(15)9(16-11)8-5-6-3-1-2-4-7(6)13-8/h1-4,11,13H,5,12H2,(H,14,15). The molecule has 4 nitrogen and oxygen atoms in total. The van der Waals surface area contributed by atoms with E-state index in [9.17, 15) is 4.79 Å². The highest BCUT2D eigenvalue weighted by Gasteiger charge is 2.29. The maximum absolute atomic E-state index is 11.6. The highest BCUT2D eigenvalue weighted by atomic mass is 32.2. The third-order valence-corrected chi connectivity index (χ3v) is 3.71. The number of nitrogens with two attached hydrogens (primary N) is 1. The van der Waals surface area contributed by atoms with Crippen molar-refractivity contribution in [1.29, 1.82) is 0 Å². The fourth-order valence-corrected chi connectivity index (χ4v) is 2.79. The summed E-state index contributed by atoms with van der Waals surface area (Å²) in [6.07, 6.45) is 0.776. The van der Waals surface area contributed by atoms with E-state index in [0.29, 0.717) is 4.91 Å². The number of benzene rings is 1. The molecule has 1 unspecified atom stereocenters. The number of amides is 1. The van der Waals surface area contributed by atoms with E-state index < -0.39 is 0 Å². The van der Waals surface area contributed by atoms with Crippen molar-refractivity contribution in [2.24, 2.45) is 5.73 Å². The first-order valence-corrected chi connectivity index (χ1v) is 5.93. The predicted octanol–water partition coefficient (Wildman–Crippen LogP) is 0.971. The number of rotatable bonds is 0. The second kappa shape index (κ2) is 3.54. The first-order valence-electron chi connectivity index (χ1n) is 5.05. The van der Waals surface area contributed by atoms with Gasteiger partial charge in [0.05, 0.1) is 4.91 Å². The number of thioether (sulfide) groups is 1. The summed E-state index contributed by atoms with van der Waals surface area (Å²) in [6.45, 7) is 0. The molecule has 0 spiro atoms. The molecule has 3 rings (SSSR count). The van der Waals surface area contributed by atoms with Crippen LogP contribution in [0.1, 0.15) is 5.56 Å². The molecule has 2 heterocycles. The highest BCUT2D eigenvalue weighted by Crippen LogP contribution is 2.35. The summed E-state index contributed by atoms with van der Waals surface area (Å²) < 4.78 is 0. The number of para-hydroxylation sites is 1.